The molecule has 12 heteroatoms. The SMILES string of the molecule is CCCC(CCOc1cc2c(cc1OC)C(=O)N1CCC[C@H]1C=N2)Oc1cccc(Oc2ccc(OC)c(OC)c2)c1[N+](=O)[O-]. The fourth-order valence-electron chi connectivity index (χ4n) is 5.55. The molecule has 0 radical (unpaired) electrons. The van der Waals surface area contributed by atoms with Crippen LogP contribution >= 0.6 is 0 Å². The van der Waals surface area contributed by atoms with E-state index in [2.05, 4.69) is 4.99 Å². The first-order valence-corrected chi connectivity index (χ1v) is 14.9. The molecule has 3 aromatic rings. The maximum Gasteiger partial charge on any atom is 0.352 e. The summed E-state index contributed by atoms with van der Waals surface area (Å²) in [5.41, 5.74) is 0.729. The molecule has 1 fully saturated rings. The second-order valence-electron chi connectivity index (χ2n) is 10.7. The number of nitro groups is 1. The number of nitro benzene ring substituents is 1. The third-order valence-corrected chi connectivity index (χ3v) is 7.79. The highest BCUT2D eigenvalue weighted by Gasteiger charge is 2.33. The summed E-state index contributed by atoms with van der Waals surface area (Å²) in [5, 5.41) is 12.2. The largest absolute Gasteiger partial charge is 0.493 e. The quantitative estimate of drug-likeness (QED) is 0.142. The van der Waals surface area contributed by atoms with Crippen LogP contribution in [0.4, 0.5) is 11.4 Å². The van der Waals surface area contributed by atoms with Crippen molar-refractivity contribution in [2.45, 2.75) is 51.2 Å². The van der Waals surface area contributed by atoms with Crippen molar-refractivity contribution in [3.8, 4) is 40.2 Å². The number of amides is 1. The Bertz CT molecular complexity index is 1580. The molecule has 0 bridgehead atoms. The molecular formula is C33H37N3O9. The van der Waals surface area contributed by atoms with Crippen LogP contribution in [0.1, 0.15) is 49.4 Å². The van der Waals surface area contributed by atoms with Gasteiger partial charge in [0.2, 0.25) is 11.5 Å². The van der Waals surface area contributed by atoms with Crippen LogP contribution in [0.5, 0.6) is 40.2 Å². The summed E-state index contributed by atoms with van der Waals surface area (Å²) in [7, 11) is 4.54. The molecule has 0 N–H and O–H groups in total. The minimum absolute atomic E-state index is 0.000732. The molecule has 0 saturated carbocycles. The lowest BCUT2D eigenvalue weighted by Gasteiger charge is -2.21. The molecule has 2 atom stereocenters. The summed E-state index contributed by atoms with van der Waals surface area (Å²) in [6.07, 6.45) is 5.15. The van der Waals surface area contributed by atoms with Gasteiger partial charge in [-0.15, -0.1) is 0 Å². The van der Waals surface area contributed by atoms with Gasteiger partial charge in [0, 0.05) is 31.3 Å². The van der Waals surface area contributed by atoms with Gasteiger partial charge in [-0.1, -0.05) is 19.4 Å². The van der Waals surface area contributed by atoms with Crippen molar-refractivity contribution in [2.24, 2.45) is 4.99 Å². The normalized spacial score (nSPS) is 15.9. The number of aliphatic imine (C=N–C) groups is 1. The predicted octanol–water partition coefficient (Wildman–Crippen LogP) is 6.75. The van der Waals surface area contributed by atoms with E-state index in [1.807, 2.05) is 18.0 Å². The Labute approximate surface area is 261 Å². The lowest BCUT2D eigenvalue weighted by atomic mass is 10.1. The average molecular weight is 620 g/mol. The van der Waals surface area contributed by atoms with Gasteiger partial charge in [0.05, 0.1) is 50.2 Å². The van der Waals surface area contributed by atoms with E-state index >= 15 is 0 Å². The third kappa shape index (κ3) is 6.89. The van der Waals surface area contributed by atoms with E-state index in [1.54, 1.807) is 42.5 Å². The third-order valence-electron chi connectivity index (χ3n) is 7.79. The van der Waals surface area contributed by atoms with Crippen LogP contribution in [0, 0.1) is 10.1 Å². The zero-order chi connectivity index (χ0) is 31.9. The number of ether oxygens (including phenoxy) is 6. The molecule has 238 valence electrons. The first-order chi connectivity index (χ1) is 21.9. The van der Waals surface area contributed by atoms with E-state index in [-0.39, 0.29) is 41.8 Å². The maximum atomic E-state index is 13.2. The van der Waals surface area contributed by atoms with Gasteiger partial charge in [0.15, 0.2) is 23.0 Å². The minimum Gasteiger partial charge on any atom is -0.493 e. The van der Waals surface area contributed by atoms with Crippen molar-refractivity contribution in [2.75, 3.05) is 34.5 Å². The molecule has 12 nitrogen and oxygen atoms in total. The highest BCUT2D eigenvalue weighted by molar-refractivity contribution is 6.03. The topological polar surface area (TPSA) is 131 Å². The first kappa shape index (κ1) is 31.4. The van der Waals surface area contributed by atoms with Crippen LogP contribution in [0.3, 0.4) is 0 Å². The Morgan fingerprint density at radius 1 is 0.956 bits per heavy atom. The fourth-order valence-corrected chi connectivity index (χ4v) is 5.55. The van der Waals surface area contributed by atoms with Crippen LogP contribution in [0.15, 0.2) is 53.5 Å². The Balaban J connectivity index is 1.31. The molecular weight excluding hydrogens is 582 g/mol. The molecule has 2 heterocycles. The summed E-state index contributed by atoms with van der Waals surface area (Å²) in [6.45, 7) is 2.96. The van der Waals surface area contributed by atoms with Crippen LogP contribution in [0.25, 0.3) is 0 Å². The molecule has 2 aliphatic heterocycles. The van der Waals surface area contributed by atoms with Gasteiger partial charge in [0.1, 0.15) is 11.9 Å². The van der Waals surface area contributed by atoms with Gasteiger partial charge in [-0.25, -0.2) is 0 Å². The number of carbonyl (C=O) groups is 1. The van der Waals surface area contributed by atoms with Crippen LogP contribution in [-0.4, -0.2) is 68.6 Å². The standard InChI is InChI=1S/C33H37N3O9/c1-5-8-22(14-16-43-31-19-25-24(18-30(31)42-4)33(37)35-15-7-9-21(35)20-34-25)44-27-10-6-11-28(32(27)36(38)39)45-23-12-13-26(40-2)29(17-23)41-3/h6,10-13,17-22H,5,7-9,14-16H2,1-4H3/t21-,22?/m0/s1. The molecule has 1 amide bonds. The van der Waals surface area contributed by atoms with E-state index in [0.717, 1.165) is 19.3 Å². The van der Waals surface area contributed by atoms with E-state index in [4.69, 9.17) is 28.4 Å². The highest BCUT2D eigenvalue weighted by atomic mass is 16.6. The average Bonchev–Trinajstić information content (AvgIpc) is 3.47. The van der Waals surface area contributed by atoms with E-state index in [0.29, 0.717) is 59.4 Å². The summed E-state index contributed by atoms with van der Waals surface area (Å²) in [4.78, 5) is 31.3. The van der Waals surface area contributed by atoms with E-state index in [9.17, 15) is 14.9 Å². The lowest BCUT2D eigenvalue weighted by molar-refractivity contribution is -0.386. The minimum atomic E-state index is -0.516. The first-order valence-electron chi connectivity index (χ1n) is 14.9. The summed E-state index contributed by atoms with van der Waals surface area (Å²) < 4.78 is 34.4. The van der Waals surface area contributed by atoms with Gasteiger partial charge in [-0.2, -0.15) is 0 Å². The Hall–Kier alpha value is -5.00. The van der Waals surface area contributed by atoms with Gasteiger partial charge >= 0.3 is 5.69 Å². The highest BCUT2D eigenvalue weighted by Crippen LogP contribution is 2.42. The maximum absolute atomic E-state index is 13.2. The van der Waals surface area contributed by atoms with Crippen LogP contribution in [-0.2, 0) is 0 Å². The number of rotatable bonds is 14. The predicted molar refractivity (Wildman–Crippen MR) is 167 cm³/mol. The number of para-hydroxylation sites is 1. The number of methoxy groups -OCH3 is 3. The smallest absolute Gasteiger partial charge is 0.352 e. The molecule has 1 saturated heterocycles. The lowest BCUT2D eigenvalue weighted by Crippen LogP contribution is -2.35. The van der Waals surface area contributed by atoms with Crippen molar-refractivity contribution in [3.05, 3.63) is 64.2 Å². The second-order valence-corrected chi connectivity index (χ2v) is 10.7. The van der Waals surface area contributed by atoms with Gasteiger partial charge in [-0.05, 0) is 49.6 Å². The molecule has 0 aliphatic carbocycles. The van der Waals surface area contributed by atoms with Gasteiger partial charge in [0.25, 0.3) is 5.91 Å². The number of benzene rings is 3. The number of carbonyl (C=O) groups excluding carboxylic acids is 1. The molecule has 5 rings (SSSR count). The van der Waals surface area contributed by atoms with Crippen molar-refractivity contribution in [3.63, 3.8) is 0 Å². The van der Waals surface area contributed by atoms with Crippen molar-refractivity contribution >= 4 is 23.5 Å². The summed E-state index contributed by atoms with van der Waals surface area (Å²) >= 11 is 0. The zero-order valence-electron chi connectivity index (χ0n) is 25.8. The Kier molecular flexibility index (Phi) is 9.91. The summed E-state index contributed by atoms with van der Waals surface area (Å²) in [6, 6.07) is 13.0. The second kappa shape index (κ2) is 14.2. The van der Waals surface area contributed by atoms with Crippen molar-refractivity contribution in [1.82, 2.24) is 4.90 Å². The van der Waals surface area contributed by atoms with Gasteiger partial charge in [-0.3, -0.25) is 19.9 Å². The number of hydrogen-bond donors (Lipinski definition) is 0. The molecule has 3 aromatic carbocycles. The molecule has 1 unspecified atom stereocenters. The number of hydrogen-bond acceptors (Lipinski definition) is 10. The van der Waals surface area contributed by atoms with E-state index < -0.39 is 4.92 Å². The van der Waals surface area contributed by atoms with E-state index in [1.165, 1.54) is 27.4 Å². The summed E-state index contributed by atoms with van der Waals surface area (Å²) in [5.74, 6) is 2.21. The van der Waals surface area contributed by atoms with Crippen LogP contribution in [0.2, 0.25) is 0 Å². The Morgan fingerprint density at radius 3 is 2.44 bits per heavy atom. The van der Waals surface area contributed by atoms with Crippen LogP contribution < -0.4 is 28.4 Å². The molecule has 0 aromatic heterocycles. The monoisotopic (exact) mass is 619 g/mol. The molecule has 45 heavy (non-hydrogen) atoms. The molecule has 2 aliphatic rings. The zero-order valence-corrected chi connectivity index (χ0v) is 25.8. The number of fused-ring (bicyclic) bond motifs is 2. The van der Waals surface area contributed by atoms with Crippen molar-refractivity contribution < 1.29 is 38.1 Å². The fraction of sp³-hybridized carbons (Fsp3) is 0.394. The molecule has 0 spiro atoms. The van der Waals surface area contributed by atoms with Gasteiger partial charge < -0.3 is 33.3 Å². The number of nitrogens with zero attached hydrogens (tertiary/aromatic N) is 3. The van der Waals surface area contributed by atoms with Crippen molar-refractivity contribution in [1.29, 1.82) is 0 Å². The Morgan fingerprint density at radius 2 is 1.71 bits per heavy atom.